The van der Waals surface area contributed by atoms with E-state index in [-0.39, 0.29) is 0 Å². The van der Waals surface area contributed by atoms with Gasteiger partial charge in [-0.25, -0.2) is 0 Å². The van der Waals surface area contributed by atoms with E-state index in [0.717, 1.165) is 30.4 Å². The van der Waals surface area contributed by atoms with E-state index in [2.05, 4.69) is 64.7 Å². The molecule has 198 valence electrons. The zero-order valence-corrected chi connectivity index (χ0v) is 28.0. The van der Waals surface area contributed by atoms with Crippen molar-refractivity contribution in [3.8, 4) is 5.75 Å². The molecule has 0 aliphatic carbocycles. The van der Waals surface area contributed by atoms with Crippen molar-refractivity contribution in [1.82, 2.24) is 0 Å². The molecule has 0 radical (unpaired) electrons. The topological polar surface area (TPSA) is 26.3 Å². The molecule has 8 rings (SSSR count). The molecule has 2 nitrogen and oxygen atoms in total. The van der Waals surface area contributed by atoms with Crippen LogP contribution >= 0.6 is 45.3 Å². The second-order valence-corrected chi connectivity index (χ2v) is 18.1. The first-order valence-electron chi connectivity index (χ1n) is 12.6. The molecule has 0 fully saturated rings. The number of methoxy groups -OCH3 is 1. The quantitative estimate of drug-likeness (QED) is 0.126. The Balaban J connectivity index is 0.000000133. The van der Waals surface area contributed by atoms with Gasteiger partial charge in [0, 0.05) is 0 Å². The van der Waals surface area contributed by atoms with Crippen molar-refractivity contribution in [3.63, 3.8) is 0 Å². The zero-order chi connectivity index (χ0) is 27.1. The summed E-state index contributed by atoms with van der Waals surface area (Å²) >= 11 is 7.98. The van der Waals surface area contributed by atoms with Crippen molar-refractivity contribution in [2.75, 3.05) is 7.11 Å². The van der Waals surface area contributed by atoms with Gasteiger partial charge in [-0.2, -0.15) is 0 Å². The summed E-state index contributed by atoms with van der Waals surface area (Å²) in [5.74, 6) is 0.992. The van der Waals surface area contributed by atoms with Gasteiger partial charge >= 0.3 is 262 Å². The maximum absolute atomic E-state index is 11.0. The summed E-state index contributed by atoms with van der Waals surface area (Å²) in [6, 6.07) is 22.4. The SMILES string of the molecule is COc1ccsc1Cc1ccc(Cc2sccc2C=O)[se]1.c1cc2cc3c(cc2s1)[se]c1cc2sccc2cc13. The molecule has 2 aromatic carbocycles. The predicted molar refractivity (Wildman–Crippen MR) is 179 cm³/mol. The number of hydrogen-bond donors (Lipinski definition) is 0. The molecule has 8 heteroatoms. The molecule has 0 saturated heterocycles. The first-order chi connectivity index (χ1) is 19.7. The van der Waals surface area contributed by atoms with E-state index >= 15 is 0 Å². The predicted octanol–water partition coefficient (Wildman–Crippen LogP) is 9.35. The van der Waals surface area contributed by atoms with Crippen LogP contribution in [0, 0.1) is 0 Å². The van der Waals surface area contributed by atoms with E-state index in [1.54, 1.807) is 38.3 Å². The van der Waals surface area contributed by atoms with E-state index in [1.165, 1.54) is 49.6 Å². The minimum absolute atomic E-state index is 0.388. The molecule has 0 bridgehead atoms. The normalized spacial score (nSPS) is 11.4. The summed E-state index contributed by atoms with van der Waals surface area (Å²) in [6.07, 6.45) is 2.85. The number of hydrogen-bond acceptors (Lipinski definition) is 6. The fourth-order valence-electron chi connectivity index (χ4n) is 4.86. The van der Waals surface area contributed by atoms with Gasteiger partial charge in [-0.1, -0.05) is 0 Å². The molecule has 6 aromatic heterocycles. The van der Waals surface area contributed by atoms with Gasteiger partial charge in [0.25, 0.3) is 0 Å². The summed E-state index contributed by atoms with van der Waals surface area (Å²) in [4.78, 5) is 13.5. The molecule has 8 aromatic rings. The van der Waals surface area contributed by atoms with Gasteiger partial charge in [0.1, 0.15) is 0 Å². The molecule has 0 spiro atoms. The van der Waals surface area contributed by atoms with E-state index < -0.39 is 0 Å². The Bertz CT molecular complexity index is 2010. The molecule has 0 amide bonds. The van der Waals surface area contributed by atoms with Gasteiger partial charge in [-0.05, 0) is 0 Å². The first kappa shape index (κ1) is 26.6. The Morgan fingerprint density at radius 3 is 1.88 bits per heavy atom. The van der Waals surface area contributed by atoms with Crippen LogP contribution in [0.15, 0.2) is 82.2 Å². The summed E-state index contributed by atoms with van der Waals surface area (Å²) in [7, 11) is 1.72. The Kier molecular flexibility index (Phi) is 7.70. The van der Waals surface area contributed by atoms with Crippen molar-refractivity contribution < 1.29 is 9.53 Å². The summed E-state index contributed by atoms with van der Waals surface area (Å²) < 4.78 is 14.2. The molecule has 0 saturated carbocycles. The van der Waals surface area contributed by atoms with Gasteiger partial charge in [-0.3, -0.25) is 0 Å². The van der Waals surface area contributed by atoms with Crippen LogP contribution in [-0.4, -0.2) is 42.4 Å². The molecular formula is C32H22O2S4Se2. The van der Waals surface area contributed by atoms with E-state index in [9.17, 15) is 4.79 Å². The van der Waals surface area contributed by atoms with Gasteiger partial charge in [0.15, 0.2) is 0 Å². The van der Waals surface area contributed by atoms with E-state index in [0.29, 0.717) is 29.0 Å². The summed E-state index contributed by atoms with van der Waals surface area (Å²) in [6.45, 7) is 0. The van der Waals surface area contributed by atoms with Gasteiger partial charge in [0.2, 0.25) is 0 Å². The number of carbonyl (C=O) groups is 1. The number of aldehydes is 1. The van der Waals surface area contributed by atoms with Crippen molar-refractivity contribution >= 4 is 120 Å². The van der Waals surface area contributed by atoms with Crippen LogP contribution in [0.2, 0.25) is 0 Å². The van der Waals surface area contributed by atoms with Crippen LogP contribution in [-0.2, 0) is 12.8 Å². The summed E-state index contributed by atoms with van der Waals surface area (Å²) in [5.41, 5.74) is 0.838. The Morgan fingerprint density at radius 1 is 0.675 bits per heavy atom. The molecular weight excluding hydrogens is 703 g/mol. The third kappa shape index (κ3) is 5.24. The van der Waals surface area contributed by atoms with Crippen LogP contribution in [0.1, 0.15) is 29.0 Å². The number of ether oxygens (including phenoxy) is 1. The van der Waals surface area contributed by atoms with E-state index in [4.69, 9.17) is 4.74 Å². The first-order valence-corrected chi connectivity index (χ1v) is 19.5. The van der Waals surface area contributed by atoms with E-state index in [1.807, 2.05) is 40.2 Å². The van der Waals surface area contributed by atoms with Crippen molar-refractivity contribution in [1.29, 1.82) is 0 Å². The monoisotopic (exact) mass is 726 g/mol. The second kappa shape index (κ2) is 11.6. The third-order valence-corrected chi connectivity index (χ3v) is 15.1. The molecule has 6 heterocycles. The molecule has 0 aliphatic heterocycles. The van der Waals surface area contributed by atoms with Gasteiger partial charge in [0.05, 0.1) is 0 Å². The number of rotatable bonds is 6. The van der Waals surface area contributed by atoms with Crippen LogP contribution in [0.3, 0.4) is 0 Å². The Labute approximate surface area is 259 Å². The van der Waals surface area contributed by atoms with Crippen molar-refractivity contribution in [3.05, 3.63) is 106 Å². The van der Waals surface area contributed by atoms with Crippen molar-refractivity contribution in [2.24, 2.45) is 0 Å². The van der Waals surface area contributed by atoms with Crippen molar-refractivity contribution in [2.45, 2.75) is 12.8 Å². The second-order valence-electron chi connectivity index (χ2n) is 9.27. The fourth-order valence-corrected chi connectivity index (χ4v) is 13.6. The molecule has 0 N–H and O–H groups in total. The van der Waals surface area contributed by atoms with Gasteiger partial charge < -0.3 is 0 Å². The molecule has 0 atom stereocenters. The number of thiophene rings is 4. The van der Waals surface area contributed by atoms with Crippen LogP contribution < -0.4 is 4.74 Å². The maximum atomic E-state index is 11.0. The number of carbonyl (C=O) groups excluding carboxylic acids is 1. The van der Waals surface area contributed by atoms with Crippen LogP contribution in [0.25, 0.3) is 39.5 Å². The molecule has 0 unspecified atom stereocenters. The fraction of sp³-hybridized carbons (Fsp3) is 0.0938. The van der Waals surface area contributed by atoms with Crippen LogP contribution in [0.5, 0.6) is 5.75 Å². The Hall–Kier alpha value is -2.25. The molecule has 0 aliphatic rings. The number of fused-ring (bicyclic) bond motifs is 5. The molecule has 40 heavy (non-hydrogen) atoms. The number of benzene rings is 2. The van der Waals surface area contributed by atoms with Crippen LogP contribution in [0.4, 0.5) is 0 Å². The zero-order valence-electron chi connectivity index (χ0n) is 21.3. The average Bonchev–Trinajstić information content (AvgIpc) is 3.80. The summed E-state index contributed by atoms with van der Waals surface area (Å²) in [5, 5.41) is 14.2. The standard InChI is InChI=1S/C16H14O2S2Se.C16H8S2Se/c1-18-14-5-7-20-16(14)9-13-3-2-12(21-13)8-15-11(10-17)4-6-19-15;1-3-17-13-7-15-11(5-9(1)13)12-6-10-2-4-18-14(10)8-16(12)19-15/h2-7,10H,8-9H2,1H3;1-8H. The minimum atomic E-state index is 0.388. The third-order valence-electron chi connectivity index (χ3n) is 6.84. The Morgan fingerprint density at radius 2 is 1.25 bits per heavy atom. The average molecular weight is 725 g/mol. The van der Waals surface area contributed by atoms with Gasteiger partial charge in [-0.15, -0.1) is 0 Å².